The summed E-state index contributed by atoms with van der Waals surface area (Å²) in [6.45, 7) is 1.94. The van der Waals surface area contributed by atoms with Crippen molar-refractivity contribution in [1.82, 2.24) is 37.7 Å². The Hall–Kier alpha value is -4.51. The van der Waals surface area contributed by atoms with E-state index in [0.717, 1.165) is 51.9 Å². The molecule has 9 rings (SSSR count). The Morgan fingerprint density at radius 2 is 1.24 bits per heavy atom. The van der Waals surface area contributed by atoms with Gasteiger partial charge in [0.1, 0.15) is 11.6 Å². The van der Waals surface area contributed by atoms with Gasteiger partial charge in [-0.25, -0.2) is 32.3 Å². The van der Waals surface area contributed by atoms with Crippen molar-refractivity contribution in [2.45, 2.75) is 87.9 Å². The topological polar surface area (TPSA) is 115 Å². The van der Waals surface area contributed by atoms with Gasteiger partial charge >= 0.3 is 0 Å². The van der Waals surface area contributed by atoms with Gasteiger partial charge in [0.25, 0.3) is 10.0 Å². The van der Waals surface area contributed by atoms with E-state index in [0.29, 0.717) is 17.5 Å². The zero-order valence-corrected chi connectivity index (χ0v) is 26.8. The molecule has 6 aromatic heterocycles. The Kier molecular flexibility index (Phi) is 7.35. The Morgan fingerprint density at radius 3 is 1.87 bits per heavy atom. The molecule has 2 aliphatic carbocycles. The van der Waals surface area contributed by atoms with Crippen molar-refractivity contribution in [1.29, 1.82) is 0 Å². The largest absolute Gasteiger partial charge is 0.345 e. The summed E-state index contributed by atoms with van der Waals surface area (Å²) in [6.07, 6.45) is 23.5. The Bertz CT molecular complexity index is 2260. The SMILES string of the molecule is Cc1ccc(S(=O)(=O)n2ccc3c2ncc2cnc(C4CCCCC4)n23)cc1.c1cc2c(ncc3cnc(C4CCCCC4)n32)[nH]1. The molecule has 0 unspecified atom stereocenters. The van der Waals surface area contributed by atoms with Crippen LogP contribution in [0.15, 0.2) is 78.5 Å². The van der Waals surface area contributed by atoms with Crippen LogP contribution in [0.5, 0.6) is 0 Å². The quantitative estimate of drug-likeness (QED) is 0.214. The zero-order chi connectivity index (χ0) is 31.3. The van der Waals surface area contributed by atoms with Crippen molar-refractivity contribution >= 4 is 43.4 Å². The summed E-state index contributed by atoms with van der Waals surface area (Å²) in [5.74, 6) is 3.27. The number of benzene rings is 1. The Labute approximate surface area is 267 Å². The smallest absolute Gasteiger partial charge is 0.269 e. The number of hydrogen-bond acceptors (Lipinski definition) is 6. The maximum Gasteiger partial charge on any atom is 0.269 e. The predicted octanol–water partition coefficient (Wildman–Crippen LogP) is 7.54. The van der Waals surface area contributed by atoms with E-state index < -0.39 is 10.0 Å². The number of nitrogens with zero attached hydrogens (tertiary/aromatic N) is 7. The lowest BCUT2D eigenvalue weighted by Crippen LogP contribution is -2.13. The minimum atomic E-state index is -3.71. The van der Waals surface area contributed by atoms with Crippen molar-refractivity contribution in [2.24, 2.45) is 0 Å². The lowest BCUT2D eigenvalue weighted by atomic mass is 9.89. The van der Waals surface area contributed by atoms with Gasteiger partial charge in [0, 0.05) is 24.2 Å². The molecule has 0 bridgehead atoms. The molecule has 0 aliphatic heterocycles. The molecular weight excluding hydrogens is 597 g/mol. The highest BCUT2D eigenvalue weighted by Crippen LogP contribution is 2.35. The molecule has 10 nitrogen and oxygen atoms in total. The van der Waals surface area contributed by atoms with Crippen molar-refractivity contribution in [3.63, 3.8) is 0 Å². The summed E-state index contributed by atoms with van der Waals surface area (Å²) in [6, 6.07) is 10.8. The molecule has 6 heterocycles. The van der Waals surface area contributed by atoms with Crippen molar-refractivity contribution in [3.8, 4) is 0 Å². The molecule has 0 amide bonds. The van der Waals surface area contributed by atoms with Crippen LogP contribution in [0.1, 0.15) is 93.3 Å². The third-order valence-corrected chi connectivity index (χ3v) is 11.5. The van der Waals surface area contributed by atoms with Crippen LogP contribution in [-0.4, -0.2) is 46.1 Å². The van der Waals surface area contributed by atoms with Gasteiger partial charge in [-0.2, -0.15) is 0 Å². The lowest BCUT2D eigenvalue weighted by molar-refractivity contribution is 0.428. The number of aromatic nitrogens is 8. The minimum absolute atomic E-state index is 0.260. The summed E-state index contributed by atoms with van der Waals surface area (Å²) in [5, 5.41) is 0. The normalized spacial score (nSPS) is 16.8. The summed E-state index contributed by atoms with van der Waals surface area (Å²) in [7, 11) is -3.71. The van der Waals surface area contributed by atoms with Gasteiger partial charge in [-0.3, -0.25) is 8.80 Å². The van der Waals surface area contributed by atoms with E-state index in [4.69, 9.17) is 0 Å². The van der Waals surface area contributed by atoms with Gasteiger partial charge in [-0.1, -0.05) is 56.2 Å². The van der Waals surface area contributed by atoms with Crippen LogP contribution in [0.25, 0.3) is 33.4 Å². The fourth-order valence-corrected chi connectivity index (χ4v) is 8.67. The monoisotopic (exact) mass is 634 g/mol. The number of hydrogen-bond donors (Lipinski definition) is 1. The summed E-state index contributed by atoms with van der Waals surface area (Å²) in [4.78, 5) is 21.6. The highest BCUT2D eigenvalue weighted by atomic mass is 32.2. The average molecular weight is 635 g/mol. The number of nitrogens with one attached hydrogen (secondary N) is 1. The van der Waals surface area contributed by atoms with Crippen LogP contribution >= 0.6 is 0 Å². The number of imidazole rings is 2. The molecule has 1 N–H and O–H groups in total. The molecular formula is C35H38N8O2S. The first kappa shape index (κ1) is 28.9. The number of aromatic amines is 1. The first-order valence-electron chi connectivity index (χ1n) is 16.4. The molecule has 2 saturated carbocycles. The van der Waals surface area contributed by atoms with Crippen LogP contribution in [0.4, 0.5) is 0 Å². The van der Waals surface area contributed by atoms with Gasteiger partial charge in [0.2, 0.25) is 0 Å². The van der Waals surface area contributed by atoms with Crippen molar-refractivity contribution < 1.29 is 8.42 Å². The number of H-pyrrole nitrogens is 1. The second-order valence-electron chi connectivity index (χ2n) is 12.8. The number of fused-ring (bicyclic) bond motifs is 6. The van der Waals surface area contributed by atoms with Gasteiger partial charge in [-0.05, 0) is 56.9 Å². The molecule has 0 saturated heterocycles. The Morgan fingerprint density at radius 1 is 0.674 bits per heavy atom. The lowest BCUT2D eigenvalue weighted by Gasteiger charge is -2.20. The molecule has 11 heteroatoms. The third-order valence-electron chi connectivity index (χ3n) is 9.79. The maximum absolute atomic E-state index is 13.2. The highest BCUT2D eigenvalue weighted by Gasteiger charge is 2.25. The minimum Gasteiger partial charge on any atom is -0.345 e. The average Bonchev–Trinajstić information content (AvgIpc) is 3.90. The molecule has 2 fully saturated rings. The van der Waals surface area contributed by atoms with Crippen LogP contribution in [0, 0.1) is 6.92 Å². The Balaban J connectivity index is 0.000000149. The van der Waals surface area contributed by atoms with E-state index in [1.54, 1.807) is 36.7 Å². The maximum atomic E-state index is 13.2. The molecule has 0 atom stereocenters. The first-order chi connectivity index (χ1) is 22.5. The van der Waals surface area contributed by atoms with E-state index in [2.05, 4.69) is 39.8 Å². The zero-order valence-electron chi connectivity index (χ0n) is 26.0. The first-order valence-corrected chi connectivity index (χ1v) is 17.9. The van der Waals surface area contributed by atoms with Crippen LogP contribution < -0.4 is 0 Å². The van der Waals surface area contributed by atoms with E-state index in [9.17, 15) is 8.42 Å². The standard InChI is InChI=1S/C21H22N4O2S.C14H16N4/c1-15-7-9-18(10-8-15)28(26,27)24-12-11-19-21(24)23-14-17-13-22-20(25(17)19)16-5-3-2-4-6-16;1-2-4-10(5-3-1)14-17-9-11-8-16-13-12(18(11)14)6-7-15-13/h7-14,16H,2-6H2,1H3;6-10,15H,1-5H2. The van der Waals surface area contributed by atoms with E-state index >= 15 is 0 Å². The summed E-state index contributed by atoms with van der Waals surface area (Å²) >= 11 is 0. The fraction of sp³-hybridized carbons (Fsp3) is 0.371. The van der Waals surface area contributed by atoms with Gasteiger partial charge in [0.15, 0.2) is 11.3 Å². The second-order valence-corrected chi connectivity index (χ2v) is 14.6. The summed E-state index contributed by atoms with van der Waals surface area (Å²) < 4.78 is 32.0. The molecule has 7 aromatic rings. The fourth-order valence-electron chi connectivity index (χ4n) is 7.37. The van der Waals surface area contributed by atoms with E-state index in [1.165, 1.54) is 61.2 Å². The molecule has 0 spiro atoms. The number of aryl methyl sites for hydroxylation is 1. The van der Waals surface area contributed by atoms with Crippen LogP contribution in [0.3, 0.4) is 0 Å². The van der Waals surface area contributed by atoms with Gasteiger partial charge < -0.3 is 4.98 Å². The summed E-state index contributed by atoms with van der Waals surface area (Å²) in [5.41, 5.74) is 6.32. The van der Waals surface area contributed by atoms with E-state index in [1.807, 2.05) is 37.8 Å². The van der Waals surface area contributed by atoms with Gasteiger partial charge in [-0.15, -0.1) is 0 Å². The molecule has 236 valence electrons. The van der Waals surface area contributed by atoms with Crippen molar-refractivity contribution in [2.75, 3.05) is 0 Å². The van der Waals surface area contributed by atoms with Crippen molar-refractivity contribution in [3.05, 3.63) is 90.8 Å². The molecule has 2 aliphatic rings. The highest BCUT2D eigenvalue weighted by molar-refractivity contribution is 7.90. The second kappa shape index (κ2) is 11.7. The molecule has 1 aromatic carbocycles. The number of rotatable bonds is 4. The van der Waals surface area contributed by atoms with Gasteiger partial charge in [0.05, 0.1) is 51.7 Å². The molecule has 0 radical (unpaired) electrons. The van der Waals surface area contributed by atoms with Crippen LogP contribution in [-0.2, 0) is 10.0 Å². The van der Waals surface area contributed by atoms with Crippen LogP contribution in [0.2, 0.25) is 0 Å². The molecule has 46 heavy (non-hydrogen) atoms. The predicted molar refractivity (Wildman–Crippen MR) is 179 cm³/mol. The third kappa shape index (κ3) is 4.97. The van der Waals surface area contributed by atoms with E-state index in [-0.39, 0.29) is 4.90 Å².